The monoisotopic (exact) mass is 467 g/mol. The third-order valence-corrected chi connectivity index (χ3v) is 4.52. The van der Waals surface area contributed by atoms with E-state index in [-0.39, 0.29) is 41.6 Å². The molecule has 0 bridgehead atoms. The van der Waals surface area contributed by atoms with Crippen LogP contribution in [0.3, 0.4) is 0 Å². The van der Waals surface area contributed by atoms with Crippen LogP contribution in [0.2, 0.25) is 0 Å². The predicted octanol–water partition coefficient (Wildman–Crippen LogP) is 4.98. The number of ether oxygens (including phenoxy) is 2. The van der Waals surface area contributed by atoms with E-state index in [2.05, 4.69) is 33.0 Å². The van der Waals surface area contributed by atoms with Crippen molar-refractivity contribution in [1.82, 2.24) is 5.32 Å². The number of hydrogen-bond acceptors (Lipinski definition) is 6. The Morgan fingerprint density at radius 3 is 2.33 bits per heavy atom. The minimum Gasteiger partial charge on any atom is -0.504 e. The number of carbonyl (C=O) groups is 2. The van der Waals surface area contributed by atoms with Crippen molar-refractivity contribution in [3.8, 4) is 11.5 Å². The van der Waals surface area contributed by atoms with Gasteiger partial charge in [-0.25, -0.2) is 0 Å². The maximum Gasteiger partial charge on any atom is 0.305 e. The lowest BCUT2D eigenvalue weighted by Crippen LogP contribution is -2.28. The van der Waals surface area contributed by atoms with E-state index in [0.717, 1.165) is 12.0 Å². The van der Waals surface area contributed by atoms with Crippen LogP contribution in [0.4, 0.5) is 0 Å². The maximum atomic E-state index is 11.9. The number of rotatable bonds is 14. The third kappa shape index (κ3) is 16.9. The summed E-state index contributed by atoms with van der Waals surface area (Å²) in [5.74, 6) is -0.189. The van der Waals surface area contributed by atoms with E-state index in [1.165, 1.54) is 18.6 Å². The smallest absolute Gasteiger partial charge is 0.305 e. The summed E-state index contributed by atoms with van der Waals surface area (Å²) in [7, 11) is 0. The lowest BCUT2D eigenvalue weighted by Gasteiger charge is -2.24. The molecule has 0 saturated carbocycles. The zero-order valence-corrected chi connectivity index (χ0v) is 21.4. The van der Waals surface area contributed by atoms with Crippen molar-refractivity contribution in [2.75, 3.05) is 26.4 Å². The number of hydrogen-bond donors (Lipinski definition) is 3. The molecule has 1 aromatic rings. The first-order valence-electron chi connectivity index (χ1n) is 12.0. The summed E-state index contributed by atoms with van der Waals surface area (Å²) < 4.78 is 11.0. The Bertz CT molecular complexity index is 687. The largest absolute Gasteiger partial charge is 0.504 e. The third-order valence-electron chi connectivity index (χ3n) is 4.52. The summed E-state index contributed by atoms with van der Waals surface area (Å²) in [6, 6.07) is 4.57. The highest BCUT2D eigenvalue weighted by molar-refractivity contribution is 5.77. The van der Waals surface area contributed by atoms with Crippen LogP contribution in [0, 0.1) is 11.3 Å². The van der Waals surface area contributed by atoms with Crippen molar-refractivity contribution in [3.63, 3.8) is 0 Å². The minimum absolute atomic E-state index is 0.135. The van der Waals surface area contributed by atoms with Gasteiger partial charge in [0.2, 0.25) is 5.91 Å². The molecule has 33 heavy (non-hydrogen) atoms. The average Bonchev–Trinajstić information content (AvgIpc) is 2.73. The van der Waals surface area contributed by atoms with Crippen LogP contribution in [-0.2, 0) is 25.5 Å². The van der Waals surface area contributed by atoms with Gasteiger partial charge in [0, 0.05) is 31.4 Å². The fourth-order valence-corrected chi connectivity index (χ4v) is 2.61. The summed E-state index contributed by atoms with van der Waals surface area (Å²) in [5.41, 5.74) is 0.567. The molecule has 0 unspecified atom stereocenters. The SMILES string of the molecule is CC(C)CCOCC(C)(C)COC(=O)CCCC(=O)NCCc1ccc(O)c(O)c1.CCC. The van der Waals surface area contributed by atoms with Crippen LogP contribution in [0.25, 0.3) is 0 Å². The molecular formula is C26H45NO6. The van der Waals surface area contributed by atoms with Crippen molar-refractivity contribution in [3.05, 3.63) is 23.8 Å². The van der Waals surface area contributed by atoms with E-state index in [1.807, 2.05) is 13.8 Å². The van der Waals surface area contributed by atoms with Crippen LogP contribution >= 0.6 is 0 Å². The summed E-state index contributed by atoms with van der Waals surface area (Å²) in [5, 5.41) is 21.5. The number of nitrogens with one attached hydrogen (secondary N) is 1. The Kier molecular flexibility index (Phi) is 16.0. The van der Waals surface area contributed by atoms with Crippen LogP contribution in [0.5, 0.6) is 11.5 Å². The van der Waals surface area contributed by atoms with E-state index in [0.29, 0.717) is 45.1 Å². The molecule has 0 saturated heterocycles. The molecule has 0 aliphatic heterocycles. The average molecular weight is 468 g/mol. The standard InChI is InChI=1S/C23H37NO6.C3H8/c1-17(2)11-13-29-15-23(3,4)16-30-22(28)7-5-6-21(27)24-12-10-18-8-9-19(25)20(26)14-18;1-3-2/h8-9,14,17,25-26H,5-7,10-13,15-16H2,1-4H3,(H,24,27);3H2,1-2H3. The molecule has 0 radical (unpaired) electrons. The highest BCUT2D eigenvalue weighted by Crippen LogP contribution is 2.24. The summed E-state index contributed by atoms with van der Waals surface area (Å²) >= 11 is 0. The predicted molar refractivity (Wildman–Crippen MR) is 131 cm³/mol. The van der Waals surface area contributed by atoms with Gasteiger partial charge >= 0.3 is 5.97 Å². The Morgan fingerprint density at radius 2 is 1.73 bits per heavy atom. The molecule has 0 aliphatic carbocycles. The molecule has 0 spiro atoms. The van der Waals surface area contributed by atoms with Gasteiger partial charge in [0.1, 0.15) is 0 Å². The first-order valence-corrected chi connectivity index (χ1v) is 12.0. The number of amides is 1. The molecule has 7 nitrogen and oxygen atoms in total. The fourth-order valence-electron chi connectivity index (χ4n) is 2.61. The van der Waals surface area contributed by atoms with Gasteiger partial charge in [-0.05, 0) is 42.9 Å². The second-order valence-corrected chi connectivity index (χ2v) is 9.54. The minimum atomic E-state index is -0.308. The van der Waals surface area contributed by atoms with Crippen molar-refractivity contribution >= 4 is 11.9 Å². The molecule has 7 heteroatoms. The van der Waals surface area contributed by atoms with Gasteiger partial charge in [-0.15, -0.1) is 0 Å². The Labute approximate surface area is 199 Å². The fraction of sp³-hybridized carbons (Fsp3) is 0.692. The summed E-state index contributed by atoms with van der Waals surface area (Å²) in [6.45, 7) is 14.5. The van der Waals surface area contributed by atoms with Crippen molar-refractivity contribution in [2.45, 2.75) is 80.1 Å². The number of aromatic hydroxyl groups is 2. The van der Waals surface area contributed by atoms with E-state index in [9.17, 15) is 19.8 Å². The van der Waals surface area contributed by atoms with Gasteiger partial charge in [-0.2, -0.15) is 0 Å². The van der Waals surface area contributed by atoms with Crippen molar-refractivity contribution in [1.29, 1.82) is 0 Å². The number of phenolic OH excluding ortho intramolecular Hbond substituents is 2. The Morgan fingerprint density at radius 1 is 1.06 bits per heavy atom. The number of esters is 1. The molecule has 0 fully saturated rings. The van der Waals surface area contributed by atoms with E-state index >= 15 is 0 Å². The Hall–Kier alpha value is -2.28. The lowest BCUT2D eigenvalue weighted by atomic mass is 9.96. The molecule has 1 aromatic carbocycles. The first-order chi connectivity index (χ1) is 15.5. The van der Waals surface area contributed by atoms with Crippen molar-refractivity contribution < 1.29 is 29.3 Å². The summed E-state index contributed by atoms with van der Waals surface area (Å²) in [4.78, 5) is 23.8. The molecule has 1 amide bonds. The second-order valence-electron chi connectivity index (χ2n) is 9.54. The molecule has 0 aromatic heterocycles. The lowest BCUT2D eigenvalue weighted by molar-refractivity contribution is -0.148. The second kappa shape index (κ2) is 17.2. The van der Waals surface area contributed by atoms with Gasteiger partial charge in [-0.1, -0.05) is 54.0 Å². The molecule has 190 valence electrons. The first kappa shape index (κ1) is 30.7. The molecule has 1 rings (SSSR count). The van der Waals surface area contributed by atoms with E-state index in [1.54, 1.807) is 6.07 Å². The van der Waals surface area contributed by atoms with Gasteiger partial charge in [0.05, 0.1) is 13.2 Å². The van der Waals surface area contributed by atoms with Gasteiger partial charge < -0.3 is 25.0 Å². The molecule has 0 heterocycles. The zero-order chi connectivity index (χ0) is 25.3. The number of phenols is 2. The molecule has 3 N–H and O–H groups in total. The van der Waals surface area contributed by atoms with E-state index < -0.39 is 0 Å². The molecule has 0 aliphatic rings. The quantitative estimate of drug-likeness (QED) is 0.203. The zero-order valence-electron chi connectivity index (χ0n) is 21.4. The number of benzene rings is 1. The van der Waals surface area contributed by atoms with Gasteiger partial charge in [0.25, 0.3) is 0 Å². The topological polar surface area (TPSA) is 105 Å². The highest BCUT2D eigenvalue weighted by atomic mass is 16.5. The molecule has 0 atom stereocenters. The van der Waals surface area contributed by atoms with Crippen LogP contribution < -0.4 is 5.32 Å². The highest BCUT2D eigenvalue weighted by Gasteiger charge is 2.21. The van der Waals surface area contributed by atoms with Crippen LogP contribution in [-0.4, -0.2) is 48.5 Å². The van der Waals surface area contributed by atoms with Crippen molar-refractivity contribution in [2.24, 2.45) is 11.3 Å². The maximum absolute atomic E-state index is 11.9. The van der Waals surface area contributed by atoms with Crippen LogP contribution in [0.1, 0.15) is 79.2 Å². The Balaban J connectivity index is 0.00000322. The van der Waals surface area contributed by atoms with Gasteiger partial charge in [-0.3, -0.25) is 9.59 Å². The van der Waals surface area contributed by atoms with Crippen LogP contribution in [0.15, 0.2) is 18.2 Å². The summed E-state index contributed by atoms with van der Waals surface area (Å²) in [6.07, 6.45) is 3.67. The van der Waals surface area contributed by atoms with Gasteiger partial charge in [0.15, 0.2) is 11.5 Å². The number of carbonyl (C=O) groups excluding carboxylic acids is 2. The molecular weight excluding hydrogens is 422 g/mol. The normalized spacial score (nSPS) is 11.0. The van der Waals surface area contributed by atoms with E-state index in [4.69, 9.17) is 9.47 Å².